The third-order valence-electron chi connectivity index (χ3n) is 3.49. The minimum Gasteiger partial charge on any atom is -0.276 e. The molecule has 2 aromatic carbocycles. The topological polar surface area (TPSA) is 43.1 Å². The highest BCUT2D eigenvalue weighted by Crippen LogP contribution is 2.26. The van der Waals surface area contributed by atoms with Crippen LogP contribution >= 0.6 is 11.6 Å². The Balaban J connectivity index is 2.00. The molecule has 0 aliphatic carbocycles. The van der Waals surface area contributed by atoms with Crippen molar-refractivity contribution in [2.24, 2.45) is 4.99 Å². The first-order valence-electron chi connectivity index (χ1n) is 6.62. The molecule has 0 saturated carbocycles. The van der Waals surface area contributed by atoms with E-state index in [1.54, 1.807) is 6.33 Å². The predicted octanol–water partition coefficient (Wildman–Crippen LogP) is 3.27. The zero-order valence-electron chi connectivity index (χ0n) is 11.1. The number of benzene rings is 2. The van der Waals surface area contributed by atoms with Gasteiger partial charge in [0.05, 0.1) is 17.9 Å². The third-order valence-corrected chi connectivity index (χ3v) is 3.72. The largest absolute Gasteiger partial charge is 0.276 e. The molecule has 0 amide bonds. The van der Waals surface area contributed by atoms with E-state index in [2.05, 4.69) is 10.1 Å². The summed E-state index contributed by atoms with van der Waals surface area (Å²) in [5.74, 6) is 0.824. The number of aromatic nitrogens is 3. The quantitative estimate of drug-likeness (QED) is 0.691. The average molecular weight is 295 g/mol. The first-order chi connectivity index (χ1) is 10.3. The summed E-state index contributed by atoms with van der Waals surface area (Å²) >= 11 is 6.18. The van der Waals surface area contributed by atoms with Crippen LogP contribution < -0.4 is 0 Å². The molecule has 0 bridgehead atoms. The molecule has 102 valence electrons. The summed E-state index contributed by atoms with van der Waals surface area (Å²) in [5, 5.41) is 4.99. The number of nitrogens with zero attached hydrogens (tertiary/aromatic N) is 4. The summed E-state index contributed by atoms with van der Waals surface area (Å²) < 4.78 is 1.82. The van der Waals surface area contributed by atoms with Gasteiger partial charge in [-0.05, 0) is 18.2 Å². The van der Waals surface area contributed by atoms with Crippen molar-refractivity contribution in [3.8, 4) is 5.69 Å². The lowest BCUT2D eigenvalue weighted by atomic mass is 10.0. The fourth-order valence-corrected chi connectivity index (χ4v) is 2.71. The second-order valence-corrected chi connectivity index (χ2v) is 5.22. The van der Waals surface area contributed by atoms with Crippen LogP contribution in [-0.4, -0.2) is 20.5 Å². The molecule has 5 heteroatoms. The number of hydrogen-bond acceptors (Lipinski definition) is 3. The van der Waals surface area contributed by atoms with Gasteiger partial charge in [0, 0.05) is 16.1 Å². The molecule has 2 heterocycles. The van der Waals surface area contributed by atoms with Crippen LogP contribution in [0.15, 0.2) is 59.9 Å². The first-order valence-corrected chi connectivity index (χ1v) is 7.00. The van der Waals surface area contributed by atoms with Gasteiger partial charge in [-0.25, -0.2) is 9.67 Å². The number of fused-ring (bicyclic) bond motifs is 3. The van der Waals surface area contributed by atoms with E-state index in [0.29, 0.717) is 11.6 Å². The lowest BCUT2D eigenvalue weighted by Crippen LogP contribution is -2.08. The number of hydrogen-bond donors (Lipinski definition) is 0. The van der Waals surface area contributed by atoms with E-state index in [9.17, 15) is 0 Å². The Morgan fingerprint density at radius 2 is 1.90 bits per heavy atom. The normalized spacial score (nSPS) is 13.1. The molecule has 0 saturated heterocycles. The molecule has 0 spiro atoms. The van der Waals surface area contributed by atoms with Gasteiger partial charge in [0.15, 0.2) is 5.82 Å². The Kier molecular flexibility index (Phi) is 2.82. The Hall–Kier alpha value is -2.46. The van der Waals surface area contributed by atoms with Crippen LogP contribution in [0.2, 0.25) is 5.02 Å². The van der Waals surface area contributed by atoms with Crippen LogP contribution in [0.3, 0.4) is 0 Å². The molecular formula is C16H11ClN4. The highest BCUT2D eigenvalue weighted by Gasteiger charge is 2.20. The standard InChI is InChI=1S/C16H11ClN4/c17-12-6-7-14-13(8-12)16(11-4-2-1-3-5-11)18-9-15-19-10-20-21(14)15/h1-8,10H,9H2. The molecule has 0 N–H and O–H groups in total. The molecule has 4 rings (SSSR count). The maximum absolute atomic E-state index is 6.18. The molecule has 0 fully saturated rings. The zero-order valence-corrected chi connectivity index (χ0v) is 11.8. The smallest absolute Gasteiger partial charge is 0.153 e. The van der Waals surface area contributed by atoms with Crippen LogP contribution in [-0.2, 0) is 6.54 Å². The van der Waals surface area contributed by atoms with Gasteiger partial charge in [-0.1, -0.05) is 41.9 Å². The van der Waals surface area contributed by atoms with Gasteiger partial charge in [0.25, 0.3) is 0 Å². The van der Waals surface area contributed by atoms with Crippen molar-refractivity contribution in [2.45, 2.75) is 6.54 Å². The van der Waals surface area contributed by atoms with Crippen molar-refractivity contribution in [3.05, 3.63) is 76.8 Å². The van der Waals surface area contributed by atoms with Crippen LogP contribution in [0.25, 0.3) is 5.69 Å². The van der Waals surface area contributed by atoms with Crippen molar-refractivity contribution >= 4 is 17.3 Å². The van der Waals surface area contributed by atoms with Gasteiger partial charge >= 0.3 is 0 Å². The molecule has 0 atom stereocenters. The Morgan fingerprint density at radius 3 is 2.76 bits per heavy atom. The minimum atomic E-state index is 0.497. The molecule has 0 radical (unpaired) electrons. The Morgan fingerprint density at radius 1 is 1.05 bits per heavy atom. The number of halogens is 1. The molecule has 1 aliphatic rings. The highest BCUT2D eigenvalue weighted by molar-refractivity contribution is 6.31. The number of rotatable bonds is 1. The summed E-state index contributed by atoms with van der Waals surface area (Å²) in [4.78, 5) is 9.00. The monoisotopic (exact) mass is 294 g/mol. The van der Waals surface area contributed by atoms with E-state index in [-0.39, 0.29) is 0 Å². The lowest BCUT2D eigenvalue weighted by Gasteiger charge is -2.11. The second-order valence-electron chi connectivity index (χ2n) is 4.78. The van der Waals surface area contributed by atoms with Gasteiger partial charge in [0.1, 0.15) is 6.33 Å². The summed E-state index contributed by atoms with van der Waals surface area (Å²) in [6, 6.07) is 15.8. The van der Waals surface area contributed by atoms with E-state index in [4.69, 9.17) is 16.6 Å². The fourth-order valence-electron chi connectivity index (χ4n) is 2.53. The van der Waals surface area contributed by atoms with E-state index in [1.165, 1.54) is 0 Å². The van der Waals surface area contributed by atoms with Crippen molar-refractivity contribution < 1.29 is 0 Å². The van der Waals surface area contributed by atoms with E-state index in [1.807, 2.05) is 53.2 Å². The maximum Gasteiger partial charge on any atom is 0.153 e. The Bertz CT molecular complexity index is 836. The summed E-state index contributed by atoms with van der Waals surface area (Å²) in [5.41, 5.74) is 3.90. The van der Waals surface area contributed by atoms with Crippen LogP contribution in [0.1, 0.15) is 17.0 Å². The summed E-state index contributed by atoms with van der Waals surface area (Å²) in [7, 11) is 0. The van der Waals surface area contributed by atoms with Gasteiger partial charge in [-0.15, -0.1) is 0 Å². The van der Waals surface area contributed by atoms with Crippen molar-refractivity contribution in [1.29, 1.82) is 0 Å². The SMILES string of the molecule is Clc1ccc2c(c1)C(c1ccccc1)=NCc1ncnn1-2. The predicted molar refractivity (Wildman–Crippen MR) is 82.2 cm³/mol. The van der Waals surface area contributed by atoms with Gasteiger partial charge in [0.2, 0.25) is 0 Å². The molecular weight excluding hydrogens is 284 g/mol. The second kappa shape index (κ2) is 4.82. The molecule has 3 aromatic rings. The van der Waals surface area contributed by atoms with E-state index < -0.39 is 0 Å². The lowest BCUT2D eigenvalue weighted by molar-refractivity contribution is 0.798. The van der Waals surface area contributed by atoms with Crippen LogP contribution in [0.5, 0.6) is 0 Å². The van der Waals surface area contributed by atoms with Gasteiger partial charge in [-0.2, -0.15) is 5.10 Å². The molecule has 0 unspecified atom stereocenters. The van der Waals surface area contributed by atoms with Crippen molar-refractivity contribution in [3.63, 3.8) is 0 Å². The van der Waals surface area contributed by atoms with Crippen molar-refractivity contribution in [2.75, 3.05) is 0 Å². The molecule has 4 nitrogen and oxygen atoms in total. The number of aliphatic imine (C=N–C) groups is 1. The van der Waals surface area contributed by atoms with Crippen LogP contribution in [0.4, 0.5) is 0 Å². The molecule has 1 aliphatic heterocycles. The summed E-state index contributed by atoms with van der Waals surface area (Å²) in [6.07, 6.45) is 1.55. The van der Waals surface area contributed by atoms with Gasteiger partial charge < -0.3 is 0 Å². The zero-order chi connectivity index (χ0) is 14.2. The summed E-state index contributed by atoms with van der Waals surface area (Å²) in [6.45, 7) is 0.497. The van der Waals surface area contributed by atoms with Crippen molar-refractivity contribution in [1.82, 2.24) is 14.8 Å². The maximum atomic E-state index is 6.18. The van der Waals surface area contributed by atoms with Crippen LogP contribution in [0, 0.1) is 0 Å². The third kappa shape index (κ3) is 2.04. The van der Waals surface area contributed by atoms with E-state index >= 15 is 0 Å². The molecule has 1 aromatic heterocycles. The first kappa shape index (κ1) is 12.3. The fraction of sp³-hybridized carbons (Fsp3) is 0.0625. The highest BCUT2D eigenvalue weighted by atomic mass is 35.5. The molecule has 21 heavy (non-hydrogen) atoms. The van der Waals surface area contributed by atoms with E-state index in [0.717, 1.165) is 28.4 Å². The Labute approximate surface area is 126 Å². The minimum absolute atomic E-state index is 0.497. The van der Waals surface area contributed by atoms with Gasteiger partial charge in [-0.3, -0.25) is 4.99 Å². The average Bonchev–Trinajstić information content (AvgIpc) is 2.92.